The first-order chi connectivity index (χ1) is 16.6. The van der Waals surface area contributed by atoms with Crippen molar-refractivity contribution in [2.45, 2.75) is 4.90 Å². The second kappa shape index (κ2) is 9.29. The maximum absolute atomic E-state index is 15.0. The highest BCUT2D eigenvalue weighted by Gasteiger charge is 2.13. The normalized spacial score (nSPS) is 10.7. The molecule has 0 unspecified atom stereocenters. The lowest BCUT2D eigenvalue weighted by molar-refractivity contribution is 0.580. The van der Waals surface area contributed by atoms with Crippen LogP contribution in [0.1, 0.15) is 11.1 Å². The summed E-state index contributed by atoms with van der Waals surface area (Å²) in [6.45, 7) is 0. The summed E-state index contributed by atoms with van der Waals surface area (Å²) in [6.07, 6.45) is 4.82. The van der Waals surface area contributed by atoms with E-state index in [4.69, 9.17) is 0 Å². The van der Waals surface area contributed by atoms with Gasteiger partial charge in [0.2, 0.25) is 0 Å². The molecule has 2 aromatic carbocycles. The van der Waals surface area contributed by atoms with E-state index in [0.29, 0.717) is 16.1 Å². The summed E-state index contributed by atoms with van der Waals surface area (Å²) >= 11 is 1.01. The van der Waals surface area contributed by atoms with Crippen molar-refractivity contribution in [2.75, 3.05) is 4.72 Å². The molecule has 5 nitrogen and oxygen atoms in total. The van der Waals surface area contributed by atoms with E-state index in [0.717, 1.165) is 34.7 Å². The highest BCUT2D eigenvalue weighted by molar-refractivity contribution is 8.00. The zero-order valence-electron chi connectivity index (χ0n) is 17.3. The van der Waals surface area contributed by atoms with Gasteiger partial charge in [0.1, 0.15) is 11.6 Å². The topological polar surface area (TPSA) is 66.5 Å². The molecule has 0 saturated heterocycles. The van der Waals surface area contributed by atoms with Gasteiger partial charge < -0.3 is 4.72 Å². The Hall–Kier alpha value is -4.29. The van der Waals surface area contributed by atoms with Crippen LogP contribution in [-0.2, 0) is 0 Å². The number of halogens is 3. The van der Waals surface area contributed by atoms with Crippen LogP contribution in [0.15, 0.2) is 78.1 Å². The molecule has 0 aliphatic heterocycles. The third-order valence-corrected chi connectivity index (χ3v) is 5.69. The minimum absolute atomic E-state index is 0.0309. The second-order valence-corrected chi connectivity index (χ2v) is 8.00. The summed E-state index contributed by atoms with van der Waals surface area (Å²) < 4.78 is 45.5. The average Bonchev–Trinajstić information content (AvgIpc) is 3.27. The molecule has 0 spiro atoms. The van der Waals surface area contributed by atoms with Crippen LogP contribution in [0.2, 0.25) is 0 Å². The van der Waals surface area contributed by atoms with Crippen LogP contribution in [-0.4, -0.2) is 20.2 Å². The van der Waals surface area contributed by atoms with Gasteiger partial charge in [0, 0.05) is 40.0 Å². The maximum atomic E-state index is 15.0. The Kier molecular flexibility index (Phi) is 5.89. The van der Waals surface area contributed by atoms with E-state index in [1.54, 1.807) is 30.6 Å². The minimum atomic E-state index is -0.841. The molecule has 34 heavy (non-hydrogen) atoms. The van der Waals surface area contributed by atoms with E-state index in [2.05, 4.69) is 36.7 Å². The zero-order chi connectivity index (χ0) is 23.5. The quantitative estimate of drug-likeness (QED) is 0.249. The zero-order valence-corrected chi connectivity index (χ0v) is 18.1. The molecule has 2 N–H and O–H groups in total. The van der Waals surface area contributed by atoms with Crippen molar-refractivity contribution in [3.8, 4) is 23.1 Å². The van der Waals surface area contributed by atoms with E-state index < -0.39 is 17.5 Å². The molecule has 0 atom stereocenters. The number of benzene rings is 2. The summed E-state index contributed by atoms with van der Waals surface area (Å²) in [4.78, 5) is 8.83. The van der Waals surface area contributed by atoms with E-state index in [9.17, 15) is 13.2 Å². The Morgan fingerprint density at radius 1 is 0.941 bits per heavy atom. The molecule has 0 radical (unpaired) electrons. The van der Waals surface area contributed by atoms with Crippen molar-refractivity contribution in [3.05, 3.63) is 102 Å². The van der Waals surface area contributed by atoms with Gasteiger partial charge in [-0.1, -0.05) is 17.9 Å². The summed E-state index contributed by atoms with van der Waals surface area (Å²) in [6, 6.07) is 13.6. The van der Waals surface area contributed by atoms with Gasteiger partial charge in [0.05, 0.1) is 16.9 Å². The first kappa shape index (κ1) is 21.6. The SMILES string of the molecule is Fc1cccc(SNc2ccc(F)c(C#Cc3cnc4n[nH]c(-c5ccncc5)c4c3)c2F)c1. The van der Waals surface area contributed by atoms with Crippen molar-refractivity contribution in [1.29, 1.82) is 0 Å². The molecule has 0 aliphatic carbocycles. The predicted molar refractivity (Wildman–Crippen MR) is 125 cm³/mol. The molecule has 0 aliphatic rings. The van der Waals surface area contributed by atoms with E-state index >= 15 is 0 Å². The molecule has 9 heteroatoms. The van der Waals surface area contributed by atoms with Gasteiger partial charge in [-0.2, -0.15) is 5.10 Å². The predicted octanol–water partition coefficient (Wildman–Crippen LogP) is 5.96. The van der Waals surface area contributed by atoms with Crippen LogP contribution in [0.4, 0.5) is 18.9 Å². The van der Waals surface area contributed by atoms with Crippen LogP contribution in [0, 0.1) is 29.3 Å². The molecule has 0 amide bonds. The van der Waals surface area contributed by atoms with E-state index in [1.165, 1.54) is 24.4 Å². The maximum Gasteiger partial charge on any atom is 0.181 e. The largest absolute Gasteiger partial charge is 0.323 e. The molecule has 0 saturated carbocycles. The standard InChI is InChI=1S/C25H14F3N5S/c26-17-2-1-3-18(13-17)34-33-22-7-6-21(27)19(23(22)28)5-4-15-12-20-24(16-8-10-29-11-9-16)31-32-25(20)30-14-15/h1-3,6-14,33H,(H,30,31,32). The Morgan fingerprint density at radius 3 is 2.62 bits per heavy atom. The van der Waals surface area contributed by atoms with Crippen LogP contribution in [0.5, 0.6) is 0 Å². The van der Waals surface area contributed by atoms with E-state index in [1.807, 2.05) is 12.1 Å². The van der Waals surface area contributed by atoms with Gasteiger partial charge in [-0.3, -0.25) is 10.1 Å². The van der Waals surface area contributed by atoms with Crippen LogP contribution >= 0.6 is 11.9 Å². The Morgan fingerprint density at radius 2 is 1.79 bits per heavy atom. The first-order valence-electron chi connectivity index (χ1n) is 10.0. The van der Waals surface area contributed by atoms with Gasteiger partial charge in [-0.25, -0.2) is 18.2 Å². The summed E-state index contributed by atoms with van der Waals surface area (Å²) in [7, 11) is 0. The van der Waals surface area contributed by atoms with Gasteiger partial charge in [-0.05, 0) is 60.5 Å². The number of anilines is 1. The Balaban J connectivity index is 1.44. The van der Waals surface area contributed by atoms with Crippen molar-refractivity contribution in [1.82, 2.24) is 20.2 Å². The lowest BCUT2D eigenvalue weighted by Gasteiger charge is -2.08. The number of hydrogen-bond acceptors (Lipinski definition) is 5. The number of aromatic nitrogens is 4. The number of aromatic amines is 1. The molecule has 0 bridgehead atoms. The molecular formula is C25H14F3N5S. The summed E-state index contributed by atoms with van der Waals surface area (Å²) in [5.41, 5.74) is 2.23. The Labute approximate surface area is 196 Å². The average molecular weight is 473 g/mol. The van der Waals surface area contributed by atoms with Gasteiger partial charge in [0.25, 0.3) is 0 Å². The molecule has 0 fully saturated rings. The molecule has 3 heterocycles. The molecule has 3 aromatic heterocycles. The summed E-state index contributed by atoms with van der Waals surface area (Å²) in [5, 5.41) is 7.85. The number of H-pyrrole nitrogens is 1. The number of pyridine rings is 2. The number of hydrogen-bond donors (Lipinski definition) is 2. The number of nitrogens with one attached hydrogen (secondary N) is 2. The molecule has 166 valence electrons. The van der Waals surface area contributed by atoms with Gasteiger partial charge in [0.15, 0.2) is 11.5 Å². The fourth-order valence-electron chi connectivity index (χ4n) is 3.23. The fraction of sp³-hybridized carbons (Fsp3) is 0. The third kappa shape index (κ3) is 4.44. The lowest BCUT2D eigenvalue weighted by Crippen LogP contribution is -1.97. The third-order valence-electron chi connectivity index (χ3n) is 4.88. The smallest absolute Gasteiger partial charge is 0.181 e. The molecule has 5 aromatic rings. The van der Waals surface area contributed by atoms with Crippen molar-refractivity contribution >= 4 is 28.7 Å². The summed E-state index contributed by atoms with van der Waals surface area (Å²) in [5.74, 6) is 3.31. The van der Waals surface area contributed by atoms with Crippen LogP contribution in [0.3, 0.4) is 0 Å². The number of rotatable bonds is 4. The fourth-order valence-corrected chi connectivity index (χ4v) is 3.94. The lowest BCUT2D eigenvalue weighted by atomic mass is 10.1. The van der Waals surface area contributed by atoms with Crippen molar-refractivity contribution in [2.24, 2.45) is 0 Å². The molecular weight excluding hydrogens is 459 g/mol. The van der Waals surface area contributed by atoms with Crippen molar-refractivity contribution < 1.29 is 13.2 Å². The highest BCUT2D eigenvalue weighted by Crippen LogP contribution is 2.27. The number of fused-ring (bicyclic) bond motifs is 1. The van der Waals surface area contributed by atoms with Gasteiger partial charge in [-0.15, -0.1) is 0 Å². The second-order valence-electron chi connectivity index (χ2n) is 7.13. The van der Waals surface area contributed by atoms with Crippen LogP contribution in [0.25, 0.3) is 22.3 Å². The van der Waals surface area contributed by atoms with Crippen LogP contribution < -0.4 is 4.72 Å². The monoisotopic (exact) mass is 473 g/mol. The highest BCUT2D eigenvalue weighted by atomic mass is 32.2. The number of nitrogens with zero attached hydrogens (tertiary/aromatic N) is 3. The van der Waals surface area contributed by atoms with Gasteiger partial charge >= 0.3 is 0 Å². The Bertz CT molecular complexity index is 1560. The minimum Gasteiger partial charge on any atom is -0.323 e. The first-order valence-corrected chi connectivity index (χ1v) is 10.8. The van der Waals surface area contributed by atoms with Crippen molar-refractivity contribution in [3.63, 3.8) is 0 Å². The van der Waals surface area contributed by atoms with E-state index in [-0.39, 0.29) is 11.3 Å². The molecule has 5 rings (SSSR count).